The summed E-state index contributed by atoms with van der Waals surface area (Å²) in [5.41, 5.74) is 1.82. The van der Waals surface area contributed by atoms with Crippen LogP contribution in [0.15, 0.2) is 11.6 Å². The smallest absolute Gasteiger partial charge is 0.155 e. The number of aliphatic hydroxyl groups is 1. The van der Waals surface area contributed by atoms with Crippen molar-refractivity contribution in [2.75, 3.05) is 6.61 Å². The molecule has 0 spiro atoms. The van der Waals surface area contributed by atoms with Gasteiger partial charge in [-0.05, 0) is 60.8 Å². The molecule has 2 nitrogen and oxygen atoms in total. The fraction of sp³-hybridized carbons (Fsp3) is 0.824. The van der Waals surface area contributed by atoms with Gasteiger partial charge in [0.15, 0.2) is 5.78 Å². The molecule has 3 rings (SSSR count). The summed E-state index contributed by atoms with van der Waals surface area (Å²) in [6.45, 7) is 5.02. The first-order valence-electron chi connectivity index (χ1n) is 7.84. The topological polar surface area (TPSA) is 37.3 Å². The van der Waals surface area contributed by atoms with Crippen LogP contribution in [0.3, 0.4) is 0 Å². The summed E-state index contributed by atoms with van der Waals surface area (Å²) in [5.74, 6) is 1.54. The van der Waals surface area contributed by atoms with Crippen LogP contribution in [0.25, 0.3) is 0 Å². The molecule has 3 aliphatic rings. The molecule has 3 aliphatic carbocycles. The molecule has 0 aromatic carbocycles. The molecule has 2 fully saturated rings. The molecule has 2 saturated carbocycles. The van der Waals surface area contributed by atoms with Gasteiger partial charge in [-0.15, -0.1) is 0 Å². The first kappa shape index (κ1) is 13.4. The number of carbonyl (C=O) groups is 1. The van der Waals surface area contributed by atoms with E-state index in [1.54, 1.807) is 0 Å². The molecule has 19 heavy (non-hydrogen) atoms. The lowest BCUT2D eigenvalue weighted by atomic mass is 9.46. The van der Waals surface area contributed by atoms with Crippen molar-refractivity contribution in [3.8, 4) is 0 Å². The Kier molecular flexibility index (Phi) is 3.12. The molecule has 0 aliphatic heterocycles. The minimum atomic E-state index is 0.0972. The Hall–Kier alpha value is -0.630. The van der Waals surface area contributed by atoms with Gasteiger partial charge in [0.25, 0.3) is 0 Å². The number of hydrogen-bond acceptors (Lipinski definition) is 2. The van der Waals surface area contributed by atoms with Crippen LogP contribution in [0.1, 0.15) is 58.8 Å². The second-order valence-corrected chi connectivity index (χ2v) is 7.54. The van der Waals surface area contributed by atoms with E-state index in [4.69, 9.17) is 0 Å². The summed E-state index contributed by atoms with van der Waals surface area (Å²) in [4.78, 5) is 11.6. The summed E-state index contributed by atoms with van der Waals surface area (Å²) < 4.78 is 0. The van der Waals surface area contributed by atoms with Crippen molar-refractivity contribution in [3.63, 3.8) is 0 Å². The largest absolute Gasteiger partial charge is 0.396 e. The molecule has 0 heterocycles. The normalized spacial score (nSPS) is 46.3. The molecule has 0 aromatic heterocycles. The highest BCUT2D eigenvalue weighted by molar-refractivity contribution is 5.91. The van der Waals surface area contributed by atoms with E-state index in [0.717, 1.165) is 32.1 Å². The van der Waals surface area contributed by atoms with E-state index >= 15 is 0 Å². The second-order valence-electron chi connectivity index (χ2n) is 7.54. The molecule has 106 valence electrons. The first-order chi connectivity index (χ1) is 8.99. The maximum atomic E-state index is 11.6. The fourth-order valence-corrected chi connectivity index (χ4v) is 5.46. The summed E-state index contributed by atoms with van der Waals surface area (Å²) >= 11 is 0. The molecule has 0 radical (unpaired) electrons. The summed E-state index contributed by atoms with van der Waals surface area (Å²) in [6.07, 6.45) is 9.60. The van der Waals surface area contributed by atoms with Crippen LogP contribution in [0.5, 0.6) is 0 Å². The highest BCUT2D eigenvalue weighted by Crippen LogP contribution is 2.62. The van der Waals surface area contributed by atoms with Gasteiger partial charge >= 0.3 is 0 Å². The average molecular weight is 262 g/mol. The predicted octanol–water partition coefficient (Wildman–Crippen LogP) is 3.49. The SMILES string of the molecule is CC1(CO)CCCC2(C)C3CCC(=O)C=C3CC[C@H]12. The third kappa shape index (κ3) is 1.91. The molecule has 2 heteroatoms. The summed E-state index contributed by atoms with van der Waals surface area (Å²) in [5, 5.41) is 9.87. The third-order valence-corrected chi connectivity index (χ3v) is 6.45. The Morgan fingerprint density at radius 2 is 2.05 bits per heavy atom. The van der Waals surface area contributed by atoms with Gasteiger partial charge in [-0.3, -0.25) is 4.79 Å². The summed E-state index contributed by atoms with van der Waals surface area (Å²) in [7, 11) is 0. The van der Waals surface area contributed by atoms with E-state index in [9.17, 15) is 9.90 Å². The molecule has 0 aromatic rings. The van der Waals surface area contributed by atoms with Gasteiger partial charge in [0, 0.05) is 13.0 Å². The van der Waals surface area contributed by atoms with Crippen molar-refractivity contribution in [1.29, 1.82) is 0 Å². The number of allylic oxidation sites excluding steroid dienone is 2. The fourth-order valence-electron chi connectivity index (χ4n) is 5.46. The van der Waals surface area contributed by atoms with Gasteiger partial charge < -0.3 is 5.11 Å². The number of aliphatic hydroxyl groups excluding tert-OH is 1. The highest BCUT2D eigenvalue weighted by atomic mass is 16.3. The van der Waals surface area contributed by atoms with Crippen molar-refractivity contribution in [1.82, 2.24) is 0 Å². The van der Waals surface area contributed by atoms with Crippen molar-refractivity contribution < 1.29 is 9.90 Å². The lowest BCUT2D eigenvalue weighted by molar-refractivity contribution is -0.118. The van der Waals surface area contributed by atoms with Crippen molar-refractivity contribution in [3.05, 3.63) is 11.6 Å². The van der Waals surface area contributed by atoms with Gasteiger partial charge in [0.1, 0.15) is 0 Å². The Morgan fingerprint density at radius 3 is 2.79 bits per heavy atom. The van der Waals surface area contributed by atoms with E-state index in [1.807, 2.05) is 6.08 Å². The molecule has 0 amide bonds. The van der Waals surface area contributed by atoms with Gasteiger partial charge in [-0.2, -0.15) is 0 Å². The van der Waals surface area contributed by atoms with Gasteiger partial charge in [-0.25, -0.2) is 0 Å². The lowest BCUT2D eigenvalue weighted by Gasteiger charge is -2.59. The quantitative estimate of drug-likeness (QED) is 0.785. The number of rotatable bonds is 1. The van der Waals surface area contributed by atoms with Crippen LogP contribution in [0, 0.1) is 22.7 Å². The zero-order valence-electron chi connectivity index (χ0n) is 12.2. The van der Waals surface area contributed by atoms with Crippen molar-refractivity contribution in [2.24, 2.45) is 22.7 Å². The van der Waals surface area contributed by atoms with E-state index in [2.05, 4.69) is 13.8 Å². The average Bonchev–Trinajstić information content (AvgIpc) is 2.38. The molecule has 3 unspecified atom stereocenters. The first-order valence-corrected chi connectivity index (χ1v) is 7.84. The van der Waals surface area contributed by atoms with E-state index in [1.165, 1.54) is 18.4 Å². The predicted molar refractivity (Wildman–Crippen MR) is 75.7 cm³/mol. The van der Waals surface area contributed by atoms with Crippen molar-refractivity contribution in [2.45, 2.75) is 58.8 Å². The number of ketones is 1. The Balaban J connectivity index is 1.97. The van der Waals surface area contributed by atoms with E-state index in [0.29, 0.717) is 29.6 Å². The Bertz CT molecular complexity index is 425. The third-order valence-electron chi connectivity index (χ3n) is 6.45. The molecular weight excluding hydrogens is 236 g/mol. The van der Waals surface area contributed by atoms with Crippen LogP contribution in [0.4, 0.5) is 0 Å². The van der Waals surface area contributed by atoms with Crippen LogP contribution >= 0.6 is 0 Å². The van der Waals surface area contributed by atoms with E-state index < -0.39 is 0 Å². The van der Waals surface area contributed by atoms with Crippen molar-refractivity contribution >= 4 is 5.78 Å². The maximum absolute atomic E-state index is 11.6. The number of hydrogen-bond donors (Lipinski definition) is 1. The van der Waals surface area contributed by atoms with Crippen LogP contribution in [0.2, 0.25) is 0 Å². The highest BCUT2D eigenvalue weighted by Gasteiger charge is 2.54. The minimum absolute atomic E-state index is 0.0972. The molecular formula is C17H26O2. The van der Waals surface area contributed by atoms with Crippen LogP contribution in [-0.2, 0) is 4.79 Å². The van der Waals surface area contributed by atoms with Gasteiger partial charge in [-0.1, -0.05) is 25.8 Å². The zero-order valence-corrected chi connectivity index (χ0v) is 12.2. The lowest BCUT2D eigenvalue weighted by Crippen LogP contribution is -2.52. The second kappa shape index (κ2) is 4.44. The molecule has 0 bridgehead atoms. The van der Waals surface area contributed by atoms with Gasteiger partial charge in [0.05, 0.1) is 0 Å². The van der Waals surface area contributed by atoms with Gasteiger partial charge in [0.2, 0.25) is 0 Å². The standard InChI is InChI=1S/C17H26O2/c1-16(11-18)8-3-9-17(2)14-6-5-13(19)10-12(14)4-7-15(16)17/h10,14-15,18H,3-9,11H2,1-2H3/t14?,15-,16?,17?/m1/s1. The number of fused-ring (bicyclic) bond motifs is 3. The van der Waals surface area contributed by atoms with Crippen LogP contribution < -0.4 is 0 Å². The van der Waals surface area contributed by atoms with E-state index in [-0.39, 0.29) is 5.41 Å². The minimum Gasteiger partial charge on any atom is -0.396 e. The Morgan fingerprint density at radius 1 is 1.26 bits per heavy atom. The molecule has 0 saturated heterocycles. The molecule has 4 atom stereocenters. The molecule has 1 N–H and O–H groups in total. The van der Waals surface area contributed by atoms with Crippen LogP contribution in [-0.4, -0.2) is 17.5 Å². The maximum Gasteiger partial charge on any atom is 0.155 e. The zero-order chi connectivity index (χ0) is 13.7. The summed E-state index contributed by atoms with van der Waals surface area (Å²) in [6, 6.07) is 0. The monoisotopic (exact) mass is 262 g/mol. The number of carbonyl (C=O) groups excluding carboxylic acids is 1. The Labute approximate surface area is 116 Å².